The summed E-state index contributed by atoms with van der Waals surface area (Å²) in [5, 5.41) is 0.814. The van der Waals surface area contributed by atoms with Crippen molar-refractivity contribution in [1.29, 1.82) is 0 Å². The first-order valence-electron chi connectivity index (χ1n) is 4.12. The summed E-state index contributed by atoms with van der Waals surface area (Å²) in [5.41, 5.74) is 1.35. The van der Waals surface area contributed by atoms with E-state index in [1.807, 2.05) is 12.1 Å². The molecule has 0 nitrogen and oxygen atoms in total. The van der Waals surface area contributed by atoms with Gasteiger partial charge in [0.15, 0.2) is 0 Å². The summed E-state index contributed by atoms with van der Waals surface area (Å²) in [5.74, 6) is 0. The summed E-state index contributed by atoms with van der Waals surface area (Å²) in [6, 6.07) is 8.02. The quantitative estimate of drug-likeness (QED) is 0.575. The van der Waals surface area contributed by atoms with Gasteiger partial charge >= 0.3 is 30.0 Å². The summed E-state index contributed by atoms with van der Waals surface area (Å²) >= 11 is 9.99. The van der Waals surface area contributed by atoms with Crippen LogP contribution < -0.4 is 0 Å². The number of hydrogen-bond donors (Lipinski definition) is 0. The first-order valence-corrected chi connectivity index (χ1v) is 11.4. The molecule has 0 heterocycles. The number of halogens is 2. The molecule has 0 atom stereocenters. The molecule has 0 N–H and O–H groups in total. The van der Waals surface area contributed by atoms with E-state index in [2.05, 4.69) is 39.1 Å². The zero-order valence-electron chi connectivity index (χ0n) is 7.76. The van der Waals surface area contributed by atoms with Gasteiger partial charge in [0, 0.05) is 5.02 Å². The summed E-state index contributed by atoms with van der Waals surface area (Å²) in [6.45, 7) is 2.08. The molecule has 0 unspecified atom stereocenters. The monoisotopic (exact) mass is 310 g/mol. The summed E-state index contributed by atoms with van der Waals surface area (Å²) in [6.07, 6.45) is 4.43. The van der Waals surface area contributed by atoms with Crippen molar-refractivity contribution in [2.45, 2.75) is 19.8 Å². The van der Waals surface area contributed by atoms with Gasteiger partial charge in [0.25, 0.3) is 0 Å². The van der Waals surface area contributed by atoms with Crippen molar-refractivity contribution in [3.05, 3.63) is 41.3 Å². The van der Waals surface area contributed by atoms with Gasteiger partial charge in [-0.25, -0.2) is 0 Å². The van der Waals surface area contributed by atoms with E-state index in [1.54, 1.807) is 0 Å². The number of unbranched alkanes of at least 4 members (excludes halogenated alkanes) is 1. The van der Waals surface area contributed by atoms with Crippen molar-refractivity contribution >= 4 is 25.2 Å². The molecular weight excluding hydrogens is 301 g/mol. The Kier molecular flexibility index (Phi) is 9.61. The molecule has 68 valence electrons. The van der Waals surface area contributed by atoms with E-state index in [1.165, 1.54) is 21.9 Å². The van der Waals surface area contributed by atoms with Crippen LogP contribution in [0.4, 0.5) is 0 Å². The molecule has 0 aromatic heterocycles. The molecule has 0 spiro atoms. The molecule has 1 rings (SSSR count). The van der Waals surface area contributed by atoms with Crippen molar-refractivity contribution in [2.75, 3.05) is 0 Å². The summed E-state index contributed by atoms with van der Waals surface area (Å²) < 4.78 is 0. The van der Waals surface area contributed by atoms with Gasteiger partial charge in [0.2, 0.25) is 0 Å². The Morgan fingerprint density at radius 2 is 1.85 bits per heavy atom. The molecule has 0 fully saturated rings. The zero-order valence-corrected chi connectivity index (χ0v) is 13.1. The van der Waals surface area contributed by atoms with E-state index < -0.39 is 0 Å². The van der Waals surface area contributed by atoms with Crippen LogP contribution in [-0.4, -0.2) is 0 Å². The normalized spacial score (nSPS) is 9.00. The molecule has 3 heteroatoms. The van der Waals surface area contributed by atoms with Crippen molar-refractivity contribution < 1.29 is 16.3 Å². The molecular formula is C10H12BrClZn. The van der Waals surface area contributed by atoms with E-state index >= 15 is 0 Å². The van der Waals surface area contributed by atoms with Crippen LogP contribution in [0, 0.1) is 6.42 Å². The molecule has 1 aromatic rings. The number of aryl methyl sites for hydroxylation is 1. The van der Waals surface area contributed by atoms with E-state index in [0.717, 1.165) is 17.9 Å². The Labute approximate surface area is 102 Å². The molecule has 0 radical (unpaired) electrons. The molecule has 1 aromatic carbocycles. The maximum atomic E-state index is 5.74. The predicted octanol–water partition coefficient (Wildman–Crippen LogP) is 4.34. The molecule has 13 heavy (non-hydrogen) atoms. The SMILES string of the molecule is C[CH-]CCc1ccc(Cl)cc1.[Zn+][Br]. The van der Waals surface area contributed by atoms with Crippen LogP contribution in [0.25, 0.3) is 0 Å². The Morgan fingerprint density at radius 3 is 2.31 bits per heavy atom. The Balaban J connectivity index is 0.000000671. The predicted molar refractivity (Wildman–Crippen MR) is 58.7 cm³/mol. The first-order chi connectivity index (χ1) is 6.33. The first kappa shape index (κ1) is 13.6. The Bertz CT molecular complexity index is 211. The molecule has 0 aliphatic carbocycles. The zero-order chi connectivity index (χ0) is 10.1. The second-order valence-corrected chi connectivity index (χ2v) is 3.01. The van der Waals surface area contributed by atoms with Crippen LogP contribution in [-0.2, 0) is 22.8 Å². The van der Waals surface area contributed by atoms with Gasteiger partial charge in [0.05, 0.1) is 0 Å². The van der Waals surface area contributed by atoms with E-state index in [-0.39, 0.29) is 0 Å². The minimum atomic E-state index is 0.814. The molecule has 0 saturated carbocycles. The summed E-state index contributed by atoms with van der Waals surface area (Å²) in [4.78, 5) is 0. The third-order valence-electron chi connectivity index (χ3n) is 1.63. The van der Waals surface area contributed by atoms with Gasteiger partial charge in [-0.3, -0.25) is 0 Å². The van der Waals surface area contributed by atoms with Crippen molar-refractivity contribution in [1.82, 2.24) is 0 Å². The topological polar surface area (TPSA) is 0 Å². The van der Waals surface area contributed by atoms with Gasteiger partial charge in [0.1, 0.15) is 0 Å². The van der Waals surface area contributed by atoms with E-state index in [4.69, 9.17) is 11.6 Å². The van der Waals surface area contributed by atoms with Crippen LogP contribution in [0.3, 0.4) is 0 Å². The van der Waals surface area contributed by atoms with Crippen molar-refractivity contribution in [3.8, 4) is 0 Å². The van der Waals surface area contributed by atoms with Gasteiger partial charge in [-0.2, -0.15) is 13.3 Å². The molecule has 0 bridgehead atoms. The third-order valence-corrected chi connectivity index (χ3v) is 1.89. The van der Waals surface area contributed by atoms with Gasteiger partial charge < -0.3 is 6.42 Å². The fourth-order valence-electron chi connectivity index (χ4n) is 0.962. The van der Waals surface area contributed by atoms with Crippen LogP contribution in [0.15, 0.2) is 24.3 Å². The van der Waals surface area contributed by atoms with Gasteiger partial charge in [-0.05, 0) is 12.1 Å². The Hall–Kier alpha value is 0.613. The molecule has 0 aliphatic rings. The minimum absolute atomic E-state index is 0.814. The fourth-order valence-corrected chi connectivity index (χ4v) is 1.09. The van der Waals surface area contributed by atoms with Crippen LogP contribution in [0.5, 0.6) is 0 Å². The summed E-state index contributed by atoms with van der Waals surface area (Å²) in [7, 11) is 0. The van der Waals surface area contributed by atoms with E-state index in [0.29, 0.717) is 0 Å². The average Bonchev–Trinajstić information content (AvgIpc) is 2.20. The maximum absolute atomic E-state index is 5.74. The average molecular weight is 313 g/mol. The number of rotatable bonds is 3. The third kappa shape index (κ3) is 6.65. The van der Waals surface area contributed by atoms with Gasteiger partial charge in [-0.15, -0.1) is 0 Å². The fraction of sp³-hybridized carbons (Fsp3) is 0.300. The van der Waals surface area contributed by atoms with Crippen LogP contribution in [0.2, 0.25) is 5.02 Å². The van der Waals surface area contributed by atoms with Crippen LogP contribution >= 0.6 is 25.2 Å². The van der Waals surface area contributed by atoms with E-state index in [9.17, 15) is 0 Å². The second kappa shape index (κ2) is 9.18. The second-order valence-electron chi connectivity index (χ2n) is 2.57. The molecule has 0 amide bonds. The number of benzene rings is 1. The molecule has 0 aliphatic heterocycles. The molecule has 0 saturated heterocycles. The number of hydrogen-bond acceptors (Lipinski definition) is 0. The van der Waals surface area contributed by atoms with Gasteiger partial charge in [-0.1, -0.05) is 35.7 Å². The van der Waals surface area contributed by atoms with Crippen molar-refractivity contribution in [3.63, 3.8) is 0 Å². The van der Waals surface area contributed by atoms with Crippen molar-refractivity contribution in [2.24, 2.45) is 0 Å². The standard InChI is InChI=1S/C10H12Cl.BrH.Zn/c1-2-3-4-9-5-7-10(11)8-6-9;;/h2,5-8H,3-4H2,1H3;1H;/q-1;;+2/p-1. The van der Waals surface area contributed by atoms with Crippen LogP contribution in [0.1, 0.15) is 18.9 Å². The Morgan fingerprint density at radius 1 is 1.31 bits per heavy atom.